The average molecular weight is 319 g/mol. The van der Waals surface area contributed by atoms with E-state index >= 15 is 0 Å². The van der Waals surface area contributed by atoms with Gasteiger partial charge in [0.1, 0.15) is 0 Å². The molecule has 2 rings (SSSR count). The Morgan fingerprint density at radius 1 is 1.26 bits per heavy atom. The van der Waals surface area contributed by atoms with Crippen LogP contribution in [0.3, 0.4) is 0 Å². The summed E-state index contributed by atoms with van der Waals surface area (Å²) >= 11 is 0. The molecule has 1 fully saturated rings. The van der Waals surface area contributed by atoms with Gasteiger partial charge in [-0.15, -0.1) is 0 Å². The van der Waals surface area contributed by atoms with Crippen LogP contribution >= 0.6 is 0 Å². The number of hydrogen-bond acceptors (Lipinski definition) is 3. The van der Waals surface area contributed by atoms with Crippen molar-refractivity contribution in [2.24, 2.45) is 11.1 Å². The SMILES string of the molecule is COC1(C)CC(NC(=O)c2ccc(CNC(N)=O)cc2)C1(C)C. The number of rotatable bonds is 5. The van der Waals surface area contributed by atoms with Gasteiger partial charge in [0.05, 0.1) is 5.60 Å². The minimum atomic E-state index is -0.569. The van der Waals surface area contributed by atoms with E-state index in [1.54, 1.807) is 31.4 Å². The molecule has 126 valence electrons. The molecule has 6 nitrogen and oxygen atoms in total. The van der Waals surface area contributed by atoms with E-state index in [9.17, 15) is 9.59 Å². The molecular weight excluding hydrogens is 294 g/mol. The zero-order valence-electron chi connectivity index (χ0n) is 14.1. The third-order valence-electron chi connectivity index (χ3n) is 5.27. The molecule has 1 aromatic carbocycles. The Hall–Kier alpha value is -2.08. The van der Waals surface area contributed by atoms with Crippen molar-refractivity contribution in [3.8, 4) is 0 Å². The van der Waals surface area contributed by atoms with Crippen LogP contribution in [0.1, 0.15) is 43.1 Å². The fourth-order valence-electron chi connectivity index (χ4n) is 2.93. The molecule has 0 spiro atoms. The van der Waals surface area contributed by atoms with E-state index in [1.165, 1.54) is 0 Å². The molecule has 0 bridgehead atoms. The highest BCUT2D eigenvalue weighted by atomic mass is 16.5. The van der Waals surface area contributed by atoms with Crippen molar-refractivity contribution in [1.82, 2.24) is 10.6 Å². The summed E-state index contributed by atoms with van der Waals surface area (Å²) < 4.78 is 5.57. The Bertz CT molecular complexity index is 598. The maximum atomic E-state index is 12.4. The van der Waals surface area contributed by atoms with E-state index in [4.69, 9.17) is 10.5 Å². The van der Waals surface area contributed by atoms with Crippen LogP contribution in [0.5, 0.6) is 0 Å². The van der Waals surface area contributed by atoms with E-state index in [1.807, 2.05) is 0 Å². The van der Waals surface area contributed by atoms with Crippen LogP contribution in [0.25, 0.3) is 0 Å². The Kier molecular flexibility index (Phi) is 4.66. The minimum absolute atomic E-state index is 0.0798. The van der Waals surface area contributed by atoms with Crippen LogP contribution in [0.2, 0.25) is 0 Å². The number of amides is 3. The minimum Gasteiger partial charge on any atom is -0.378 e. The van der Waals surface area contributed by atoms with Gasteiger partial charge in [0, 0.05) is 30.7 Å². The fourth-order valence-corrected chi connectivity index (χ4v) is 2.93. The maximum Gasteiger partial charge on any atom is 0.312 e. The smallest absolute Gasteiger partial charge is 0.312 e. The molecule has 2 unspecified atom stereocenters. The van der Waals surface area contributed by atoms with Crippen LogP contribution in [0.15, 0.2) is 24.3 Å². The number of carbonyl (C=O) groups is 2. The highest BCUT2D eigenvalue weighted by Crippen LogP contribution is 2.51. The Morgan fingerprint density at radius 2 is 1.87 bits per heavy atom. The predicted octanol–water partition coefficient (Wildman–Crippen LogP) is 1.79. The van der Waals surface area contributed by atoms with Crippen molar-refractivity contribution in [2.75, 3.05) is 7.11 Å². The number of ether oxygens (including phenoxy) is 1. The highest BCUT2D eigenvalue weighted by Gasteiger charge is 2.58. The van der Waals surface area contributed by atoms with E-state index in [0.717, 1.165) is 12.0 Å². The lowest BCUT2D eigenvalue weighted by molar-refractivity contribution is -0.177. The molecule has 23 heavy (non-hydrogen) atoms. The van der Waals surface area contributed by atoms with Gasteiger partial charge in [-0.2, -0.15) is 0 Å². The first kappa shape index (κ1) is 17.3. The fraction of sp³-hybridized carbons (Fsp3) is 0.529. The van der Waals surface area contributed by atoms with Crippen molar-refractivity contribution < 1.29 is 14.3 Å². The number of hydrogen-bond donors (Lipinski definition) is 3. The quantitative estimate of drug-likeness (QED) is 0.772. The summed E-state index contributed by atoms with van der Waals surface area (Å²) in [5, 5.41) is 5.59. The van der Waals surface area contributed by atoms with Crippen molar-refractivity contribution in [3.63, 3.8) is 0 Å². The topological polar surface area (TPSA) is 93.4 Å². The second-order valence-electron chi connectivity index (χ2n) is 6.80. The first-order valence-corrected chi connectivity index (χ1v) is 7.68. The van der Waals surface area contributed by atoms with Crippen LogP contribution in [0.4, 0.5) is 4.79 Å². The summed E-state index contributed by atoms with van der Waals surface area (Å²) in [4.78, 5) is 23.1. The second kappa shape index (κ2) is 6.20. The molecule has 0 saturated heterocycles. The molecule has 6 heteroatoms. The number of primary amides is 1. The summed E-state index contributed by atoms with van der Waals surface area (Å²) in [6.45, 7) is 6.61. The number of urea groups is 1. The molecule has 2 atom stereocenters. The average Bonchev–Trinajstić information content (AvgIpc) is 2.52. The zero-order valence-corrected chi connectivity index (χ0v) is 14.1. The summed E-state index contributed by atoms with van der Waals surface area (Å²) in [5.41, 5.74) is 6.17. The lowest BCUT2D eigenvalue weighted by atomic mass is 9.56. The first-order valence-electron chi connectivity index (χ1n) is 7.68. The van der Waals surface area contributed by atoms with Gasteiger partial charge >= 0.3 is 6.03 Å². The van der Waals surface area contributed by atoms with E-state index in [2.05, 4.69) is 31.4 Å². The third-order valence-corrected chi connectivity index (χ3v) is 5.27. The second-order valence-corrected chi connectivity index (χ2v) is 6.80. The highest BCUT2D eigenvalue weighted by molar-refractivity contribution is 5.94. The van der Waals surface area contributed by atoms with Gasteiger partial charge in [0.25, 0.3) is 5.91 Å². The molecule has 0 radical (unpaired) electrons. The van der Waals surface area contributed by atoms with Gasteiger partial charge in [-0.1, -0.05) is 26.0 Å². The molecular formula is C17H25N3O3. The van der Waals surface area contributed by atoms with Crippen molar-refractivity contribution in [2.45, 2.75) is 45.4 Å². The molecule has 4 N–H and O–H groups in total. The number of benzene rings is 1. The first-order chi connectivity index (χ1) is 10.7. The normalized spacial score (nSPS) is 25.3. The predicted molar refractivity (Wildman–Crippen MR) is 87.9 cm³/mol. The Morgan fingerprint density at radius 3 is 2.35 bits per heavy atom. The van der Waals surface area contributed by atoms with Crippen molar-refractivity contribution in [3.05, 3.63) is 35.4 Å². The van der Waals surface area contributed by atoms with Gasteiger partial charge in [-0.25, -0.2) is 4.79 Å². The molecule has 1 aliphatic carbocycles. The summed E-state index contributed by atoms with van der Waals surface area (Å²) in [6.07, 6.45) is 0.794. The lowest BCUT2D eigenvalue weighted by Crippen LogP contribution is -2.68. The van der Waals surface area contributed by atoms with Crippen LogP contribution in [0, 0.1) is 5.41 Å². The number of nitrogens with two attached hydrogens (primary N) is 1. The molecule has 0 aliphatic heterocycles. The van der Waals surface area contributed by atoms with E-state index < -0.39 is 6.03 Å². The Labute approximate surface area is 136 Å². The zero-order chi connectivity index (χ0) is 17.3. The summed E-state index contributed by atoms with van der Waals surface area (Å²) in [5.74, 6) is -0.101. The molecule has 0 heterocycles. The van der Waals surface area contributed by atoms with Crippen molar-refractivity contribution >= 4 is 11.9 Å². The number of methoxy groups -OCH3 is 1. The number of nitrogens with one attached hydrogen (secondary N) is 2. The largest absolute Gasteiger partial charge is 0.378 e. The summed E-state index contributed by atoms with van der Waals surface area (Å²) in [6, 6.07) is 6.60. The van der Waals surface area contributed by atoms with Gasteiger partial charge in [-0.05, 0) is 31.0 Å². The van der Waals surface area contributed by atoms with E-state index in [0.29, 0.717) is 12.1 Å². The van der Waals surface area contributed by atoms with Gasteiger partial charge in [0.2, 0.25) is 0 Å². The third kappa shape index (κ3) is 3.32. The lowest BCUT2D eigenvalue weighted by Gasteiger charge is -2.59. The van der Waals surface area contributed by atoms with Gasteiger partial charge in [-0.3, -0.25) is 4.79 Å². The molecule has 1 aliphatic rings. The maximum absolute atomic E-state index is 12.4. The van der Waals surface area contributed by atoms with Gasteiger partial charge < -0.3 is 21.1 Å². The molecule has 3 amide bonds. The number of carbonyl (C=O) groups excluding carboxylic acids is 2. The van der Waals surface area contributed by atoms with Crippen LogP contribution in [-0.4, -0.2) is 30.7 Å². The van der Waals surface area contributed by atoms with Gasteiger partial charge in [0.15, 0.2) is 0 Å². The van der Waals surface area contributed by atoms with Crippen LogP contribution < -0.4 is 16.4 Å². The molecule has 1 aromatic rings. The Balaban J connectivity index is 1.96. The van der Waals surface area contributed by atoms with Crippen molar-refractivity contribution in [1.29, 1.82) is 0 Å². The standard InChI is InChI=1S/C17H25N3O3/c1-16(2)13(9-17(16,3)23-4)20-14(21)12-7-5-11(6-8-12)10-19-15(18)22/h5-8,13H,9-10H2,1-4H3,(H,20,21)(H3,18,19,22). The summed E-state index contributed by atoms with van der Waals surface area (Å²) in [7, 11) is 1.71. The van der Waals surface area contributed by atoms with Crippen LogP contribution in [-0.2, 0) is 11.3 Å². The molecule has 1 saturated carbocycles. The molecule has 0 aromatic heterocycles. The monoisotopic (exact) mass is 319 g/mol. The van der Waals surface area contributed by atoms with E-state index in [-0.39, 0.29) is 23.0 Å².